The maximum Gasteiger partial charge on any atom is 0.259 e. The number of fused-ring (bicyclic) bond motifs is 1. The van der Waals surface area contributed by atoms with E-state index in [0.29, 0.717) is 28.8 Å². The van der Waals surface area contributed by atoms with E-state index in [0.717, 1.165) is 4.90 Å². The highest BCUT2D eigenvalue weighted by Crippen LogP contribution is 2.40. The topological polar surface area (TPSA) is 79.3 Å². The number of rotatable bonds is 5. The molecule has 2 atom stereocenters. The zero-order valence-corrected chi connectivity index (χ0v) is 16.6. The first-order valence-electron chi connectivity index (χ1n) is 9.18. The number of nitrogens with zero attached hydrogens (tertiary/aromatic N) is 3. The fraction of sp³-hybridized carbons (Fsp3) is 0.238. The van der Waals surface area contributed by atoms with Gasteiger partial charge in [-0.15, -0.1) is 0 Å². The van der Waals surface area contributed by atoms with Gasteiger partial charge in [-0.3, -0.25) is 14.4 Å². The van der Waals surface area contributed by atoms with Gasteiger partial charge in [0.05, 0.1) is 23.0 Å². The van der Waals surface area contributed by atoms with Crippen LogP contribution in [-0.2, 0) is 14.4 Å². The summed E-state index contributed by atoms with van der Waals surface area (Å²) in [6.07, 6.45) is 0. The van der Waals surface area contributed by atoms with Crippen molar-refractivity contribution in [3.63, 3.8) is 0 Å². The van der Waals surface area contributed by atoms with Crippen LogP contribution in [0.15, 0.2) is 53.6 Å². The van der Waals surface area contributed by atoms with Crippen molar-refractivity contribution < 1.29 is 19.1 Å². The Morgan fingerprint density at radius 2 is 1.79 bits per heavy atom. The Labute approximate surface area is 172 Å². The summed E-state index contributed by atoms with van der Waals surface area (Å²) < 4.78 is 5.41. The number of Topliss-reactive ketones (excluding diaryl/α,β-unsaturated/α-hetero) is 1. The highest BCUT2D eigenvalue weighted by molar-refractivity contribution is 6.49. The van der Waals surface area contributed by atoms with Crippen LogP contribution in [0.4, 0.5) is 11.4 Å². The number of para-hydroxylation sites is 1. The first-order valence-corrected chi connectivity index (χ1v) is 9.55. The Kier molecular flexibility index (Phi) is 4.84. The van der Waals surface area contributed by atoms with E-state index in [4.69, 9.17) is 16.3 Å². The molecule has 2 aliphatic heterocycles. The second-order valence-corrected chi connectivity index (χ2v) is 7.11. The summed E-state index contributed by atoms with van der Waals surface area (Å²) in [5.41, 5.74) is 0.941. The molecule has 7 nitrogen and oxygen atoms in total. The highest BCUT2D eigenvalue weighted by atomic mass is 35.5. The summed E-state index contributed by atoms with van der Waals surface area (Å²) in [7, 11) is 0. The number of ketones is 1. The Morgan fingerprint density at radius 3 is 2.41 bits per heavy atom. The van der Waals surface area contributed by atoms with Gasteiger partial charge in [-0.25, -0.2) is 9.91 Å². The lowest BCUT2D eigenvalue weighted by atomic mass is 9.95. The maximum absolute atomic E-state index is 13.3. The van der Waals surface area contributed by atoms with Crippen LogP contribution >= 0.6 is 11.6 Å². The number of amides is 2. The molecule has 2 aromatic carbocycles. The third-order valence-corrected chi connectivity index (χ3v) is 5.23. The predicted octanol–water partition coefficient (Wildman–Crippen LogP) is 3.06. The van der Waals surface area contributed by atoms with Gasteiger partial charge in [-0.2, -0.15) is 5.10 Å². The molecule has 2 aliphatic rings. The van der Waals surface area contributed by atoms with E-state index in [2.05, 4.69) is 5.10 Å². The smallest absolute Gasteiger partial charge is 0.259 e. The molecule has 4 rings (SSSR count). The van der Waals surface area contributed by atoms with Crippen molar-refractivity contribution in [3.05, 3.63) is 53.6 Å². The second kappa shape index (κ2) is 7.33. The number of carbonyl (C=O) groups is 3. The average Bonchev–Trinajstić information content (AvgIpc) is 3.21. The molecule has 29 heavy (non-hydrogen) atoms. The van der Waals surface area contributed by atoms with Crippen molar-refractivity contribution in [3.8, 4) is 5.75 Å². The monoisotopic (exact) mass is 411 g/mol. The number of ether oxygens (including phenoxy) is 1. The Balaban J connectivity index is 1.75. The average molecular weight is 412 g/mol. The number of carbonyl (C=O) groups excluding carboxylic acids is 3. The van der Waals surface area contributed by atoms with E-state index >= 15 is 0 Å². The molecule has 1 saturated heterocycles. The van der Waals surface area contributed by atoms with Crippen LogP contribution in [0.2, 0.25) is 5.02 Å². The van der Waals surface area contributed by atoms with Crippen LogP contribution in [0.3, 0.4) is 0 Å². The van der Waals surface area contributed by atoms with Gasteiger partial charge >= 0.3 is 0 Å². The predicted molar refractivity (Wildman–Crippen MR) is 109 cm³/mol. The zero-order valence-electron chi connectivity index (χ0n) is 15.8. The van der Waals surface area contributed by atoms with Crippen molar-refractivity contribution >= 4 is 46.3 Å². The first kappa shape index (κ1) is 19.1. The number of hydrogen-bond donors (Lipinski definition) is 0. The van der Waals surface area contributed by atoms with E-state index in [1.165, 1.54) is 11.9 Å². The lowest BCUT2D eigenvalue weighted by Crippen LogP contribution is -2.39. The van der Waals surface area contributed by atoms with Crippen LogP contribution in [0.25, 0.3) is 0 Å². The molecule has 0 N–H and O–H groups in total. The minimum Gasteiger partial charge on any atom is -0.494 e. The van der Waals surface area contributed by atoms with Crippen LogP contribution in [0.5, 0.6) is 5.75 Å². The molecule has 0 radical (unpaired) electrons. The van der Waals surface area contributed by atoms with Gasteiger partial charge in [0.1, 0.15) is 23.4 Å². The molecule has 2 amide bonds. The maximum atomic E-state index is 13.3. The highest BCUT2D eigenvalue weighted by Gasteiger charge is 2.58. The summed E-state index contributed by atoms with van der Waals surface area (Å²) in [6.45, 7) is 3.72. The van der Waals surface area contributed by atoms with Gasteiger partial charge in [-0.1, -0.05) is 23.7 Å². The third kappa shape index (κ3) is 3.07. The quantitative estimate of drug-likeness (QED) is 0.706. The minimum atomic E-state index is -0.970. The number of hydrazone groups is 1. The molecule has 8 heteroatoms. The second-order valence-electron chi connectivity index (χ2n) is 6.70. The summed E-state index contributed by atoms with van der Waals surface area (Å²) >= 11 is 6.29. The molecule has 0 aliphatic carbocycles. The van der Waals surface area contributed by atoms with Gasteiger partial charge in [0, 0.05) is 6.92 Å². The number of anilines is 2. The lowest BCUT2D eigenvalue weighted by Gasteiger charge is -2.23. The fourth-order valence-corrected chi connectivity index (χ4v) is 3.88. The molecular formula is C21H18ClN3O4. The van der Waals surface area contributed by atoms with Gasteiger partial charge in [0.25, 0.3) is 5.91 Å². The standard InChI is InChI=1S/C21H18ClN3O4/c1-3-29-14-10-8-13(9-11-14)24-20(27)17-18(12(2)26)23-25(19(17)21(24)28)16-7-5-4-6-15(16)22/h4-11,17,19H,3H2,1-2H3/t17-,19-/m1/s1. The van der Waals surface area contributed by atoms with Gasteiger partial charge in [-0.05, 0) is 43.3 Å². The lowest BCUT2D eigenvalue weighted by molar-refractivity contribution is -0.122. The summed E-state index contributed by atoms with van der Waals surface area (Å²) in [6, 6.07) is 12.6. The van der Waals surface area contributed by atoms with Gasteiger partial charge in [0.2, 0.25) is 5.91 Å². The Bertz CT molecular complexity index is 1030. The van der Waals surface area contributed by atoms with Gasteiger partial charge in [0.15, 0.2) is 5.78 Å². The van der Waals surface area contributed by atoms with E-state index in [1.807, 2.05) is 6.92 Å². The van der Waals surface area contributed by atoms with Crippen molar-refractivity contribution in [2.75, 3.05) is 16.5 Å². The normalized spacial score (nSPS) is 20.7. The molecule has 0 bridgehead atoms. The molecule has 1 fully saturated rings. The molecule has 2 aromatic rings. The van der Waals surface area contributed by atoms with Crippen LogP contribution < -0.4 is 14.6 Å². The largest absolute Gasteiger partial charge is 0.494 e. The molecule has 148 valence electrons. The van der Waals surface area contributed by atoms with E-state index in [-0.39, 0.29) is 11.5 Å². The number of hydrogen-bond acceptors (Lipinski definition) is 6. The molecule has 0 saturated carbocycles. The number of halogens is 1. The molecule has 0 aromatic heterocycles. The van der Waals surface area contributed by atoms with Crippen molar-refractivity contribution in [1.29, 1.82) is 0 Å². The SMILES string of the molecule is CCOc1ccc(N2C(=O)[C@@H]3C(C(C)=O)=NN(c4ccccc4Cl)[C@H]3C2=O)cc1. The van der Waals surface area contributed by atoms with E-state index in [1.54, 1.807) is 48.5 Å². The van der Waals surface area contributed by atoms with Gasteiger partial charge < -0.3 is 4.74 Å². The molecular weight excluding hydrogens is 394 g/mol. The molecule has 0 spiro atoms. The van der Waals surface area contributed by atoms with E-state index < -0.39 is 23.8 Å². The third-order valence-electron chi connectivity index (χ3n) is 4.92. The van der Waals surface area contributed by atoms with Crippen molar-refractivity contribution in [1.82, 2.24) is 0 Å². The van der Waals surface area contributed by atoms with Crippen molar-refractivity contribution in [2.45, 2.75) is 19.9 Å². The Hall–Kier alpha value is -3.19. The minimum absolute atomic E-state index is 0.0571. The van der Waals surface area contributed by atoms with Crippen LogP contribution in [0.1, 0.15) is 13.8 Å². The molecule has 0 unspecified atom stereocenters. The van der Waals surface area contributed by atoms with Crippen molar-refractivity contribution in [2.24, 2.45) is 11.0 Å². The summed E-state index contributed by atoms with van der Waals surface area (Å²) in [5.74, 6) is -1.62. The molecule has 2 heterocycles. The first-order chi connectivity index (χ1) is 13.9. The number of imide groups is 1. The fourth-order valence-electron chi connectivity index (χ4n) is 3.65. The Morgan fingerprint density at radius 1 is 1.10 bits per heavy atom. The van der Waals surface area contributed by atoms with Crippen LogP contribution in [0, 0.1) is 5.92 Å². The number of benzene rings is 2. The zero-order chi connectivity index (χ0) is 20.7. The summed E-state index contributed by atoms with van der Waals surface area (Å²) in [5, 5.41) is 6.06. The van der Waals surface area contributed by atoms with Crippen LogP contribution in [-0.4, -0.2) is 36.0 Å². The summed E-state index contributed by atoms with van der Waals surface area (Å²) in [4.78, 5) is 39.7. The van der Waals surface area contributed by atoms with E-state index in [9.17, 15) is 14.4 Å².